The summed E-state index contributed by atoms with van der Waals surface area (Å²) in [6.07, 6.45) is 1.70. The number of hydrogen-bond donors (Lipinski definition) is 0. The molecule has 4 aromatic carbocycles. The van der Waals surface area contributed by atoms with Gasteiger partial charge in [-0.25, -0.2) is 4.98 Å². The average molecular weight is 485 g/mol. The average Bonchev–Trinajstić information content (AvgIpc) is 3.61. The normalized spacial score (nSPS) is 12.2. The number of para-hydroxylation sites is 3. The summed E-state index contributed by atoms with van der Waals surface area (Å²) in [6, 6.07) is 31.5. The first-order valence-electron chi connectivity index (χ1n) is 12.4. The molecule has 9 aromatic rings. The summed E-state index contributed by atoms with van der Waals surface area (Å²) in [4.78, 5) is 17.9. The molecule has 0 unspecified atom stereocenters. The van der Waals surface area contributed by atoms with Crippen LogP contribution in [0.2, 0.25) is 0 Å². The topological polar surface area (TPSA) is 52.4 Å². The van der Waals surface area contributed by atoms with Crippen LogP contribution in [0.1, 0.15) is 0 Å². The standard InChI is InChI=1S/C32H16N6/c1-33-30-21-12-8-16-34-31(21)36-32(35-30)38-25-14-6-3-10-19(25)23-17-22-18-9-2-5-13-24(18)37-26-15-7-4-11-20(26)27(28(22)37)29(23)38/h2-17H. The van der Waals surface area contributed by atoms with Gasteiger partial charge >= 0.3 is 5.95 Å². The van der Waals surface area contributed by atoms with Gasteiger partial charge in [-0.15, -0.1) is 0 Å². The van der Waals surface area contributed by atoms with Crippen LogP contribution in [0.5, 0.6) is 0 Å². The summed E-state index contributed by atoms with van der Waals surface area (Å²) in [5.41, 5.74) is 6.10. The molecule has 0 saturated heterocycles. The van der Waals surface area contributed by atoms with Crippen molar-refractivity contribution >= 4 is 76.8 Å². The van der Waals surface area contributed by atoms with E-state index in [0.717, 1.165) is 27.2 Å². The van der Waals surface area contributed by atoms with Gasteiger partial charge in [0, 0.05) is 43.9 Å². The van der Waals surface area contributed by atoms with Gasteiger partial charge in [-0.2, -0.15) is 4.98 Å². The molecule has 0 fully saturated rings. The summed E-state index contributed by atoms with van der Waals surface area (Å²) < 4.78 is 4.50. The Morgan fingerprint density at radius 1 is 0.605 bits per heavy atom. The van der Waals surface area contributed by atoms with E-state index in [1.54, 1.807) is 6.20 Å². The van der Waals surface area contributed by atoms with Crippen molar-refractivity contribution in [3.05, 3.63) is 109 Å². The van der Waals surface area contributed by atoms with Crippen molar-refractivity contribution in [3.63, 3.8) is 0 Å². The van der Waals surface area contributed by atoms with Crippen LogP contribution in [0.15, 0.2) is 97.2 Å². The first-order valence-corrected chi connectivity index (χ1v) is 12.4. The molecule has 6 heteroatoms. The van der Waals surface area contributed by atoms with E-state index in [1.165, 1.54) is 32.7 Å². The first kappa shape index (κ1) is 19.6. The Morgan fingerprint density at radius 2 is 1.24 bits per heavy atom. The van der Waals surface area contributed by atoms with E-state index in [4.69, 9.17) is 16.5 Å². The van der Waals surface area contributed by atoms with Gasteiger partial charge < -0.3 is 9.25 Å². The molecule has 0 N–H and O–H groups in total. The first-order chi connectivity index (χ1) is 18.8. The minimum absolute atomic E-state index is 0.302. The van der Waals surface area contributed by atoms with E-state index in [2.05, 4.69) is 91.6 Å². The van der Waals surface area contributed by atoms with Crippen LogP contribution < -0.4 is 0 Å². The zero-order chi connectivity index (χ0) is 25.0. The molecule has 5 heterocycles. The number of rotatable bonds is 1. The van der Waals surface area contributed by atoms with E-state index in [-0.39, 0.29) is 0 Å². The van der Waals surface area contributed by atoms with Gasteiger partial charge in [0.05, 0.1) is 27.6 Å². The van der Waals surface area contributed by atoms with Crippen LogP contribution in [-0.4, -0.2) is 23.9 Å². The Morgan fingerprint density at radius 3 is 2.03 bits per heavy atom. The summed E-state index contributed by atoms with van der Waals surface area (Å²) >= 11 is 0. The molecule has 0 aliphatic rings. The van der Waals surface area contributed by atoms with Gasteiger partial charge in [-0.3, -0.25) is 4.57 Å². The SMILES string of the molecule is [C-]#[N+]c1nc(-n2c3ccccc3c3cc4c5ccccc5n5c6ccccc6c(c32)c45)nc2ncccc12. The predicted octanol–water partition coefficient (Wildman–Crippen LogP) is 7.82. The van der Waals surface area contributed by atoms with Gasteiger partial charge in [0.25, 0.3) is 5.82 Å². The lowest BCUT2D eigenvalue weighted by molar-refractivity contribution is 1.01. The lowest BCUT2D eigenvalue weighted by atomic mass is 10.0. The molecular weight excluding hydrogens is 468 g/mol. The van der Waals surface area contributed by atoms with E-state index >= 15 is 0 Å². The van der Waals surface area contributed by atoms with Crippen molar-refractivity contribution < 1.29 is 0 Å². The Balaban J connectivity index is 1.60. The second-order valence-corrected chi connectivity index (χ2v) is 9.60. The van der Waals surface area contributed by atoms with Crippen molar-refractivity contribution in [1.82, 2.24) is 23.9 Å². The minimum atomic E-state index is 0.302. The largest absolute Gasteiger partial charge is 0.360 e. The Labute approximate surface area is 215 Å². The van der Waals surface area contributed by atoms with Crippen LogP contribution in [0, 0.1) is 6.57 Å². The molecule has 0 aliphatic heterocycles. The second kappa shape index (κ2) is 6.81. The van der Waals surface area contributed by atoms with Gasteiger partial charge in [0.15, 0.2) is 5.65 Å². The zero-order valence-electron chi connectivity index (χ0n) is 19.9. The third-order valence-electron chi connectivity index (χ3n) is 7.75. The molecule has 5 aromatic heterocycles. The van der Waals surface area contributed by atoms with E-state index in [9.17, 15) is 0 Å². The second-order valence-electron chi connectivity index (χ2n) is 9.60. The van der Waals surface area contributed by atoms with Gasteiger partial charge in [0.1, 0.15) is 0 Å². The summed E-state index contributed by atoms with van der Waals surface area (Å²) in [5.74, 6) is 0.757. The maximum Gasteiger partial charge on any atom is 0.333 e. The molecule has 0 spiro atoms. The molecule has 0 atom stereocenters. The lowest BCUT2D eigenvalue weighted by Gasteiger charge is -2.07. The van der Waals surface area contributed by atoms with Crippen molar-refractivity contribution in [3.8, 4) is 5.95 Å². The van der Waals surface area contributed by atoms with Gasteiger partial charge in [-0.1, -0.05) is 72.2 Å². The van der Waals surface area contributed by atoms with E-state index in [0.29, 0.717) is 22.8 Å². The van der Waals surface area contributed by atoms with E-state index in [1.807, 2.05) is 18.2 Å². The fourth-order valence-electron chi connectivity index (χ4n) is 6.28. The Bertz CT molecular complexity index is 2470. The van der Waals surface area contributed by atoms with Crippen molar-refractivity contribution in [2.24, 2.45) is 0 Å². The summed E-state index contributed by atoms with van der Waals surface area (Å²) in [6.45, 7) is 7.82. The Hall–Kier alpha value is -5.54. The molecule has 38 heavy (non-hydrogen) atoms. The summed E-state index contributed by atoms with van der Waals surface area (Å²) in [7, 11) is 0. The molecule has 174 valence electrons. The van der Waals surface area contributed by atoms with Crippen LogP contribution >= 0.6 is 0 Å². The quantitative estimate of drug-likeness (QED) is 0.223. The molecule has 0 radical (unpaired) electrons. The smallest absolute Gasteiger partial charge is 0.333 e. The predicted molar refractivity (Wildman–Crippen MR) is 153 cm³/mol. The fourth-order valence-corrected chi connectivity index (χ4v) is 6.28. The number of hydrogen-bond acceptors (Lipinski definition) is 3. The van der Waals surface area contributed by atoms with Gasteiger partial charge in [-0.05, 0) is 30.3 Å². The molecule has 0 amide bonds. The minimum Gasteiger partial charge on any atom is -0.360 e. The molecule has 0 saturated carbocycles. The van der Waals surface area contributed by atoms with Crippen molar-refractivity contribution in [2.75, 3.05) is 0 Å². The van der Waals surface area contributed by atoms with Gasteiger partial charge in [0.2, 0.25) is 0 Å². The fraction of sp³-hybridized carbons (Fsp3) is 0. The maximum absolute atomic E-state index is 7.82. The number of benzene rings is 4. The maximum atomic E-state index is 7.82. The number of nitrogens with zero attached hydrogens (tertiary/aromatic N) is 6. The highest BCUT2D eigenvalue weighted by Crippen LogP contribution is 2.46. The summed E-state index contributed by atoms with van der Waals surface area (Å²) in [5, 5.41) is 7.72. The van der Waals surface area contributed by atoms with Crippen molar-refractivity contribution in [1.29, 1.82) is 0 Å². The van der Waals surface area contributed by atoms with E-state index < -0.39 is 0 Å². The highest BCUT2D eigenvalue weighted by molar-refractivity contribution is 6.34. The molecule has 0 aliphatic carbocycles. The monoisotopic (exact) mass is 484 g/mol. The van der Waals surface area contributed by atoms with Crippen LogP contribution in [0.4, 0.5) is 5.82 Å². The molecule has 0 bridgehead atoms. The Kier molecular flexibility index (Phi) is 3.52. The van der Waals surface area contributed by atoms with Crippen LogP contribution in [-0.2, 0) is 0 Å². The van der Waals surface area contributed by atoms with Crippen LogP contribution in [0.25, 0.3) is 81.7 Å². The number of fused-ring (bicyclic) bond motifs is 11. The molecular formula is C32H16N6. The van der Waals surface area contributed by atoms with Crippen molar-refractivity contribution in [2.45, 2.75) is 0 Å². The molecule has 9 rings (SSSR count). The van der Waals surface area contributed by atoms with Crippen LogP contribution in [0.3, 0.4) is 0 Å². The molecule has 6 nitrogen and oxygen atoms in total. The third-order valence-corrected chi connectivity index (χ3v) is 7.75. The number of pyridine rings is 1. The lowest BCUT2D eigenvalue weighted by Crippen LogP contribution is -2.02. The zero-order valence-corrected chi connectivity index (χ0v) is 19.9. The highest BCUT2D eigenvalue weighted by atomic mass is 15.2. The number of aromatic nitrogens is 5. The third kappa shape index (κ3) is 2.25. The highest BCUT2D eigenvalue weighted by Gasteiger charge is 2.26.